The van der Waals surface area contributed by atoms with Crippen molar-refractivity contribution in [2.75, 3.05) is 0 Å². The Morgan fingerprint density at radius 2 is 2.14 bits per heavy atom. The molecule has 22 heavy (non-hydrogen) atoms. The van der Waals surface area contributed by atoms with Gasteiger partial charge in [-0.3, -0.25) is 4.79 Å². The zero-order valence-electron chi connectivity index (χ0n) is 13.5. The molecule has 2 rings (SSSR count). The number of aliphatic hydroxyl groups is 1. The molecule has 2 N–H and O–H groups in total. The van der Waals surface area contributed by atoms with E-state index in [4.69, 9.17) is 4.74 Å². The second kappa shape index (κ2) is 7.58. The van der Waals surface area contributed by atoms with E-state index >= 15 is 0 Å². The number of hydrogen-bond acceptors (Lipinski definition) is 4. The molecule has 1 aliphatic carbocycles. The van der Waals surface area contributed by atoms with Gasteiger partial charge in [0.25, 0.3) is 0 Å². The number of carbonyl (C=O) groups excluding carboxylic acids is 1. The van der Waals surface area contributed by atoms with E-state index < -0.39 is 5.60 Å². The summed E-state index contributed by atoms with van der Waals surface area (Å²) >= 11 is 0. The van der Waals surface area contributed by atoms with E-state index in [0.29, 0.717) is 12.4 Å². The van der Waals surface area contributed by atoms with Crippen LogP contribution in [-0.2, 0) is 11.3 Å². The van der Waals surface area contributed by atoms with Crippen LogP contribution in [0, 0.1) is 0 Å². The van der Waals surface area contributed by atoms with Gasteiger partial charge in [0.15, 0.2) is 0 Å². The summed E-state index contributed by atoms with van der Waals surface area (Å²) in [5.74, 6) is 0.459. The molecule has 0 bridgehead atoms. The van der Waals surface area contributed by atoms with Gasteiger partial charge in [0.1, 0.15) is 0 Å². The first-order valence-corrected chi connectivity index (χ1v) is 8.07. The van der Waals surface area contributed by atoms with Crippen molar-refractivity contribution in [2.45, 2.75) is 70.6 Å². The predicted octanol–water partition coefficient (Wildman–Crippen LogP) is 2.57. The van der Waals surface area contributed by atoms with Crippen molar-refractivity contribution in [3.8, 4) is 5.88 Å². The van der Waals surface area contributed by atoms with Crippen LogP contribution in [0.4, 0.5) is 0 Å². The second-order valence-electron chi connectivity index (χ2n) is 6.41. The number of carbonyl (C=O) groups is 1. The van der Waals surface area contributed by atoms with Crippen LogP contribution in [0.1, 0.15) is 57.9 Å². The van der Waals surface area contributed by atoms with E-state index in [-0.39, 0.29) is 18.4 Å². The van der Waals surface area contributed by atoms with Crippen molar-refractivity contribution in [3.63, 3.8) is 0 Å². The second-order valence-corrected chi connectivity index (χ2v) is 6.41. The average molecular weight is 306 g/mol. The lowest BCUT2D eigenvalue weighted by atomic mass is 9.82. The van der Waals surface area contributed by atoms with Crippen LogP contribution in [0.3, 0.4) is 0 Å². The fraction of sp³-hybridized carbons (Fsp3) is 0.647. The number of nitrogens with one attached hydrogen (secondary N) is 1. The quantitative estimate of drug-likeness (QED) is 0.847. The van der Waals surface area contributed by atoms with Gasteiger partial charge in [-0.05, 0) is 38.3 Å². The van der Waals surface area contributed by atoms with Gasteiger partial charge in [0.05, 0.1) is 18.1 Å². The number of pyridine rings is 1. The number of nitrogens with zero attached hydrogens (tertiary/aromatic N) is 1. The highest BCUT2D eigenvalue weighted by molar-refractivity contribution is 5.77. The van der Waals surface area contributed by atoms with Gasteiger partial charge in [-0.1, -0.05) is 19.3 Å². The summed E-state index contributed by atoms with van der Waals surface area (Å²) in [6.45, 7) is 4.31. The molecule has 1 heterocycles. The molecular weight excluding hydrogens is 280 g/mol. The highest BCUT2D eigenvalue weighted by Gasteiger charge is 2.31. The Labute approximate surface area is 132 Å². The third kappa shape index (κ3) is 5.30. The average Bonchev–Trinajstić information content (AvgIpc) is 2.45. The van der Waals surface area contributed by atoms with Crippen LogP contribution in [-0.4, -0.2) is 27.7 Å². The molecule has 1 aliphatic rings. The lowest BCUT2D eigenvalue weighted by Crippen LogP contribution is -2.38. The van der Waals surface area contributed by atoms with E-state index in [9.17, 15) is 9.90 Å². The highest BCUT2D eigenvalue weighted by Crippen LogP contribution is 2.30. The molecule has 1 aromatic heterocycles. The van der Waals surface area contributed by atoms with Gasteiger partial charge in [-0.25, -0.2) is 4.98 Å². The monoisotopic (exact) mass is 306 g/mol. The smallest absolute Gasteiger partial charge is 0.223 e. The van der Waals surface area contributed by atoms with E-state index in [1.807, 2.05) is 26.0 Å². The van der Waals surface area contributed by atoms with Gasteiger partial charge in [-0.2, -0.15) is 0 Å². The minimum Gasteiger partial charge on any atom is -0.475 e. The predicted molar refractivity (Wildman–Crippen MR) is 84.5 cm³/mol. The van der Waals surface area contributed by atoms with Crippen LogP contribution < -0.4 is 10.1 Å². The fourth-order valence-electron chi connectivity index (χ4n) is 2.82. The van der Waals surface area contributed by atoms with Crippen molar-refractivity contribution in [3.05, 3.63) is 23.9 Å². The van der Waals surface area contributed by atoms with Crippen molar-refractivity contribution < 1.29 is 14.6 Å². The molecule has 0 saturated heterocycles. The summed E-state index contributed by atoms with van der Waals surface area (Å²) in [6.07, 6.45) is 6.54. The Hall–Kier alpha value is -1.62. The first-order valence-electron chi connectivity index (χ1n) is 8.07. The van der Waals surface area contributed by atoms with Crippen LogP contribution in [0.2, 0.25) is 0 Å². The molecule has 1 aromatic rings. The molecule has 0 spiro atoms. The van der Waals surface area contributed by atoms with Crippen molar-refractivity contribution in [1.82, 2.24) is 10.3 Å². The molecule has 1 fully saturated rings. The normalized spacial score (nSPS) is 17.3. The fourth-order valence-corrected chi connectivity index (χ4v) is 2.82. The molecule has 0 unspecified atom stereocenters. The van der Waals surface area contributed by atoms with Gasteiger partial charge in [-0.15, -0.1) is 0 Å². The number of aromatic nitrogens is 1. The lowest BCUT2D eigenvalue weighted by molar-refractivity contribution is -0.127. The Bertz CT molecular complexity index is 496. The third-order valence-electron chi connectivity index (χ3n) is 3.92. The lowest BCUT2D eigenvalue weighted by Gasteiger charge is -2.31. The van der Waals surface area contributed by atoms with Gasteiger partial charge < -0.3 is 15.2 Å². The van der Waals surface area contributed by atoms with Crippen LogP contribution in [0.5, 0.6) is 5.88 Å². The van der Waals surface area contributed by atoms with Crippen LogP contribution in [0.25, 0.3) is 0 Å². The number of hydrogen-bond donors (Lipinski definition) is 2. The Morgan fingerprint density at radius 3 is 2.82 bits per heavy atom. The molecule has 1 saturated carbocycles. The molecule has 122 valence electrons. The maximum absolute atomic E-state index is 12.0. The van der Waals surface area contributed by atoms with E-state index in [0.717, 1.165) is 37.7 Å². The Morgan fingerprint density at radius 1 is 1.41 bits per heavy atom. The highest BCUT2D eigenvalue weighted by atomic mass is 16.5. The zero-order valence-corrected chi connectivity index (χ0v) is 13.5. The van der Waals surface area contributed by atoms with E-state index in [1.165, 1.54) is 0 Å². The molecule has 5 heteroatoms. The zero-order chi connectivity index (χ0) is 16.0. The largest absolute Gasteiger partial charge is 0.475 e. The summed E-state index contributed by atoms with van der Waals surface area (Å²) in [4.78, 5) is 16.2. The van der Waals surface area contributed by atoms with Crippen molar-refractivity contribution >= 4 is 5.91 Å². The summed E-state index contributed by atoms with van der Waals surface area (Å²) in [6, 6.07) is 3.68. The summed E-state index contributed by atoms with van der Waals surface area (Å²) < 4.78 is 5.54. The number of amides is 1. The summed E-state index contributed by atoms with van der Waals surface area (Å²) in [5.41, 5.74) is 0.126. The van der Waals surface area contributed by atoms with Crippen molar-refractivity contribution in [1.29, 1.82) is 0 Å². The van der Waals surface area contributed by atoms with Gasteiger partial charge in [0.2, 0.25) is 11.8 Å². The third-order valence-corrected chi connectivity index (χ3v) is 3.92. The number of ether oxygens (including phenoxy) is 1. The number of rotatable bonds is 6. The summed E-state index contributed by atoms with van der Waals surface area (Å²) in [5, 5.41) is 13.3. The Kier molecular flexibility index (Phi) is 5.77. The summed E-state index contributed by atoms with van der Waals surface area (Å²) in [7, 11) is 0. The van der Waals surface area contributed by atoms with Gasteiger partial charge >= 0.3 is 0 Å². The first kappa shape index (κ1) is 16.7. The maximum Gasteiger partial charge on any atom is 0.223 e. The van der Waals surface area contributed by atoms with E-state index in [1.54, 1.807) is 6.20 Å². The maximum atomic E-state index is 12.0. The van der Waals surface area contributed by atoms with Crippen molar-refractivity contribution in [2.24, 2.45) is 0 Å². The molecule has 0 radical (unpaired) electrons. The molecule has 0 atom stereocenters. The standard InChI is InChI=1S/C17H26N2O3/c1-13(2)22-16-10-14(6-9-18-16)12-19-15(20)11-17(21)7-4-3-5-8-17/h6,9-10,13,21H,3-5,7-8,11-12H2,1-2H3,(H,19,20). The van der Waals surface area contributed by atoms with E-state index in [2.05, 4.69) is 10.3 Å². The molecular formula is C17H26N2O3. The van der Waals surface area contributed by atoms with Gasteiger partial charge in [0, 0.05) is 18.8 Å². The molecule has 0 aliphatic heterocycles. The van der Waals surface area contributed by atoms with Crippen LogP contribution in [0.15, 0.2) is 18.3 Å². The Balaban J connectivity index is 1.83. The molecule has 0 aromatic carbocycles. The molecule has 1 amide bonds. The minimum atomic E-state index is -0.813. The minimum absolute atomic E-state index is 0.0675. The molecule has 5 nitrogen and oxygen atoms in total. The topological polar surface area (TPSA) is 71.5 Å². The first-order chi connectivity index (χ1) is 10.5. The SMILES string of the molecule is CC(C)Oc1cc(CNC(=O)CC2(O)CCCCC2)ccn1. The van der Waals surface area contributed by atoms with Crippen LogP contribution >= 0.6 is 0 Å².